The number of piperidine rings is 1. The Morgan fingerprint density at radius 1 is 1.00 bits per heavy atom. The van der Waals surface area contributed by atoms with Crippen LogP contribution in [0, 0.1) is 29.1 Å². The van der Waals surface area contributed by atoms with Crippen LogP contribution in [-0.4, -0.2) is 33.6 Å². The lowest BCUT2D eigenvalue weighted by molar-refractivity contribution is -0.171. The summed E-state index contributed by atoms with van der Waals surface area (Å²) in [5.41, 5.74) is 0.0516. The van der Waals surface area contributed by atoms with Gasteiger partial charge in [0.15, 0.2) is 0 Å². The van der Waals surface area contributed by atoms with Gasteiger partial charge in [-0.2, -0.15) is 0 Å². The highest BCUT2D eigenvalue weighted by Crippen LogP contribution is 2.64. The summed E-state index contributed by atoms with van der Waals surface area (Å²) in [4.78, 5) is 14.5. The highest BCUT2D eigenvalue weighted by atomic mass is 16.3. The Bertz CT molecular complexity index is 558. The standard InChI is InChI=1S/C22H37NO2/c1-15(24)23-13-5-6-19-17-8-7-16-14-20(2,25)11-12-21(16,3)18(17)9-10-22(19,23)4/h16-19,25H,5-14H2,1-4H3/t16-,17?,18?,19?,20+,21-,22-/m0/s1. The normalized spacial score (nSPS) is 52.8. The van der Waals surface area contributed by atoms with Crippen LogP contribution in [0.2, 0.25) is 0 Å². The molecule has 4 aliphatic rings. The van der Waals surface area contributed by atoms with E-state index < -0.39 is 5.60 Å². The Hall–Kier alpha value is -0.570. The molecule has 25 heavy (non-hydrogen) atoms. The van der Waals surface area contributed by atoms with Crippen LogP contribution in [0.3, 0.4) is 0 Å². The lowest BCUT2D eigenvalue weighted by Gasteiger charge is -2.64. The maximum atomic E-state index is 12.3. The van der Waals surface area contributed by atoms with E-state index in [-0.39, 0.29) is 11.4 Å². The molecule has 1 N–H and O–H groups in total. The summed E-state index contributed by atoms with van der Waals surface area (Å²) in [5, 5.41) is 10.6. The van der Waals surface area contributed by atoms with Crippen molar-refractivity contribution in [2.75, 3.05) is 6.54 Å². The van der Waals surface area contributed by atoms with E-state index in [0.29, 0.717) is 17.3 Å². The van der Waals surface area contributed by atoms with Crippen molar-refractivity contribution in [1.29, 1.82) is 0 Å². The average molecular weight is 348 g/mol. The van der Waals surface area contributed by atoms with Gasteiger partial charge in [0.25, 0.3) is 0 Å². The monoisotopic (exact) mass is 347 g/mol. The second-order valence-corrected chi connectivity index (χ2v) is 10.6. The number of nitrogens with zero attached hydrogens (tertiary/aromatic N) is 1. The van der Waals surface area contributed by atoms with E-state index in [2.05, 4.69) is 18.7 Å². The molecule has 1 heterocycles. The number of likely N-dealkylation sites (tertiary alicyclic amines) is 1. The van der Waals surface area contributed by atoms with Crippen molar-refractivity contribution >= 4 is 5.91 Å². The molecule has 142 valence electrons. The van der Waals surface area contributed by atoms with E-state index in [9.17, 15) is 9.90 Å². The minimum atomic E-state index is -0.448. The Labute approximate surface area is 153 Å². The number of fused-ring (bicyclic) bond motifs is 5. The van der Waals surface area contributed by atoms with Crippen molar-refractivity contribution < 1.29 is 9.90 Å². The van der Waals surface area contributed by atoms with E-state index in [1.54, 1.807) is 6.92 Å². The van der Waals surface area contributed by atoms with Crippen molar-refractivity contribution in [1.82, 2.24) is 4.90 Å². The van der Waals surface area contributed by atoms with Gasteiger partial charge in [-0.05, 0) is 101 Å². The van der Waals surface area contributed by atoms with Crippen molar-refractivity contribution in [3.63, 3.8) is 0 Å². The summed E-state index contributed by atoms with van der Waals surface area (Å²) in [5.74, 6) is 3.23. The molecule has 1 saturated heterocycles. The third-order valence-corrected chi connectivity index (χ3v) is 9.20. The Kier molecular flexibility index (Phi) is 4.07. The zero-order chi connectivity index (χ0) is 18.0. The molecule has 3 saturated carbocycles. The molecule has 7 atom stereocenters. The molecule has 3 aliphatic carbocycles. The average Bonchev–Trinajstić information content (AvgIpc) is 2.53. The minimum Gasteiger partial charge on any atom is -0.390 e. The number of amides is 1. The number of hydrogen-bond acceptors (Lipinski definition) is 2. The Balaban J connectivity index is 1.62. The van der Waals surface area contributed by atoms with Crippen LogP contribution < -0.4 is 0 Å². The molecule has 1 amide bonds. The number of carbonyl (C=O) groups is 1. The number of aliphatic hydroxyl groups is 1. The van der Waals surface area contributed by atoms with Gasteiger partial charge >= 0.3 is 0 Å². The van der Waals surface area contributed by atoms with Gasteiger partial charge in [-0.3, -0.25) is 4.79 Å². The summed E-state index contributed by atoms with van der Waals surface area (Å²) in [7, 11) is 0. The van der Waals surface area contributed by atoms with Crippen molar-refractivity contribution in [3.05, 3.63) is 0 Å². The number of rotatable bonds is 0. The number of carbonyl (C=O) groups excluding carboxylic acids is 1. The molecule has 3 nitrogen and oxygen atoms in total. The Morgan fingerprint density at radius 2 is 1.76 bits per heavy atom. The van der Waals surface area contributed by atoms with Crippen LogP contribution in [0.1, 0.15) is 85.5 Å². The smallest absolute Gasteiger partial charge is 0.219 e. The Morgan fingerprint density at radius 3 is 2.48 bits per heavy atom. The maximum absolute atomic E-state index is 12.3. The lowest BCUT2D eigenvalue weighted by Crippen LogP contribution is -2.64. The van der Waals surface area contributed by atoms with Gasteiger partial charge in [0.2, 0.25) is 5.91 Å². The third-order valence-electron chi connectivity index (χ3n) is 9.20. The zero-order valence-corrected chi connectivity index (χ0v) is 16.7. The SMILES string of the molecule is CC(=O)N1CCCC2C3CC[C@H]4C[C@](C)(O)CC[C@]4(C)C3CC[C@@]21C. The van der Waals surface area contributed by atoms with E-state index in [1.807, 2.05) is 6.92 Å². The van der Waals surface area contributed by atoms with Crippen molar-refractivity contribution in [2.24, 2.45) is 29.1 Å². The van der Waals surface area contributed by atoms with Crippen molar-refractivity contribution in [2.45, 2.75) is 96.6 Å². The first-order valence-corrected chi connectivity index (χ1v) is 10.7. The lowest BCUT2D eigenvalue weighted by atomic mass is 9.44. The zero-order valence-electron chi connectivity index (χ0n) is 16.7. The molecular weight excluding hydrogens is 310 g/mol. The van der Waals surface area contributed by atoms with Gasteiger partial charge in [0.05, 0.1) is 5.60 Å². The van der Waals surface area contributed by atoms with Crippen LogP contribution in [0.25, 0.3) is 0 Å². The molecule has 4 fully saturated rings. The van der Waals surface area contributed by atoms with E-state index in [1.165, 1.54) is 44.9 Å². The highest BCUT2D eigenvalue weighted by Gasteiger charge is 2.59. The van der Waals surface area contributed by atoms with E-state index in [4.69, 9.17) is 0 Å². The van der Waals surface area contributed by atoms with Gasteiger partial charge in [0.1, 0.15) is 0 Å². The minimum absolute atomic E-state index is 0.0919. The first kappa shape index (κ1) is 17.8. The van der Waals surface area contributed by atoms with Gasteiger partial charge in [-0.15, -0.1) is 0 Å². The van der Waals surface area contributed by atoms with E-state index >= 15 is 0 Å². The van der Waals surface area contributed by atoms with Crippen LogP contribution in [-0.2, 0) is 4.79 Å². The highest BCUT2D eigenvalue weighted by molar-refractivity contribution is 5.74. The van der Waals surface area contributed by atoms with Crippen LogP contribution in [0.5, 0.6) is 0 Å². The molecule has 3 heteroatoms. The predicted molar refractivity (Wildman–Crippen MR) is 100 cm³/mol. The second kappa shape index (κ2) is 5.71. The van der Waals surface area contributed by atoms with E-state index in [0.717, 1.165) is 31.2 Å². The molecule has 0 radical (unpaired) electrons. The number of hydrogen-bond donors (Lipinski definition) is 1. The van der Waals surface area contributed by atoms with Gasteiger partial charge in [0, 0.05) is 19.0 Å². The molecule has 1 aliphatic heterocycles. The molecule has 4 rings (SSSR count). The topological polar surface area (TPSA) is 40.5 Å². The largest absolute Gasteiger partial charge is 0.390 e. The maximum Gasteiger partial charge on any atom is 0.219 e. The van der Waals surface area contributed by atoms with Crippen molar-refractivity contribution in [3.8, 4) is 0 Å². The fourth-order valence-corrected chi connectivity index (χ4v) is 7.83. The van der Waals surface area contributed by atoms with Crippen LogP contribution >= 0.6 is 0 Å². The summed E-state index contributed by atoms with van der Waals surface area (Å²) in [6.07, 6.45) is 10.7. The molecule has 0 bridgehead atoms. The quantitative estimate of drug-likeness (QED) is 0.706. The first-order chi connectivity index (χ1) is 11.7. The van der Waals surface area contributed by atoms with Gasteiger partial charge in [-0.1, -0.05) is 6.92 Å². The first-order valence-electron chi connectivity index (χ1n) is 10.7. The van der Waals surface area contributed by atoms with Gasteiger partial charge < -0.3 is 10.0 Å². The van der Waals surface area contributed by atoms with Gasteiger partial charge in [-0.25, -0.2) is 0 Å². The van der Waals surface area contributed by atoms with Crippen LogP contribution in [0.15, 0.2) is 0 Å². The summed E-state index contributed by atoms with van der Waals surface area (Å²) in [6, 6.07) is 0. The summed E-state index contributed by atoms with van der Waals surface area (Å²) in [6.45, 7) is 9.69. The molecular formula is C22H37NO2. The molecule has 0 aromatic heterocycles. The third kappa shape index (κ3) is 2.59. The van der Waals surface area contributed by atoms with Crippen LogP contribution in [0.4, 0.5) is 0 Å². The second-order valence-electron chi connectivity index (χ2n) is 10.6. The summed E-state index contributed by atoms with van der Waals surface area (Å²) < 4.78 is 0. The summed E-state index contributed by atoms with van der Waals surface area (Å²) >= 11 is 0. The molecule has 0 spiro atoms. The molecule has 0 aromatic rings. The molecule has 3 unspecified atom stereocenters. The fraction of sp³-hybridized carbons (Fsp3) is 0.955. The fourth-order valence-electron chi connectivity index (χ4n) is 7.83. The predicted octanol–water partition coefficient (Wildman–Crippen LogP) is 4.38. The molecule has 0 aromatic carbocycles.